The SMILES string of the molecule is C#Cc1ccc(-c2cc3c(N4CCC(c5nc(-c6cccc(OCC)c6)c(C)[nH]5)CC4)ncnc3[nH]2)cc1.C#Cc1ccc(C2=Cc3c(ncnc3N3CCC(c4nc(-c5cccc(OC)c5)c(C)[nH]4)CC3)C2)cc1.COc1cccc(-c2nc(C3CCN(c4ncnc5c4C=C(c4ccnc(OC)c4)C5)CC3)[nH]c2C)c1. The number of piperidine rings is 3. The van der Waals surface area contributed by atoms with E-state index in [-0.39, 0.29) is 0 Å². The molecule has 562 valence electrons. The number of rotatable bonds is 17. The van der Waals surface area contributed by atoms with Crippen molar-refractivity contribution in [2.45, 2.75) is 96.8 Å². The standard InChI is InChI=1S/C31H30N6O.C31H29N5O.C29H30N6O2/c1-4-21-9-11-22(12-10-21)27-18-26-30(35-27)32-19-33-31(26)37-15-13-23(14-16-37)29-34-20(3)28(36-29)24-7-6-8-25(17-24)38-5-2;1-4-21-8-10-22(11-9-21)25-17-27-28(18-25)32-19-33-31(27)36-14-12-23(13-15-36)30-34-20(2)29(35-30)24-6-5-7-26(16-24)37-3;1-18-27(21-5-4-6-23(13-21)36-2)34-28(33-18)19-8-11-35(12-9-19)29-24-14-22(15-25(24)31-17-32-29)20-7-10-30-26(16-20)37-3/h1,6-12,17-19,23H,5,13-16H2,2-3H3,(H,34,36)(H,32,33,35);1,5-11,16-17,19,23H,12-15,18H2,2-3H3,(H,34,35);4-7,10,13-14,16-17,19H,8-9,11-12,15H2,1-3H3,(H,33,34). The summed E-state index contributed by atoms with van der Waals surface area (Å²) < 4.78 is 21.8. The molecular formula is C91H89N17O4. The van der Waals surface area contributed by atoms with Gasteiger partial charge in [0.1, 0.15) is 76.8 Å². The molecule has 21 nitrogen and oxygen atoms in total. The fourth-order valence-electron chi connectivity index (χ4n) is 16.1. The van der Waals surface area contributed by atoms with Crippen LogP contribution in [0.5, 0.6) is 23.1 Å². The molecule has 0 saturated carbocycles. The van der Waals surface area contributed by atoms with Gasteiger partial charge in [0, 0.05) is 144 Å². The van der Waals surface area contributed by atoms with Gasteiger partial charge in [-0.25, -0.2) is 49.8 Å². The highest BCUT2D eigenvalue weighted by atomic mass is 16.5. The zero-order valence-corrected chi connectivity index (χ0v) is 64.2. The highest BCUT2D eigenvalue weighted by Crippen LogP contribution is 2.42. The monoisotopic (exact) mass is 1480 g/mol. The third kappa shape index (κ3) is 15.5. The Morgan fingerprint density at radius 3 is 1.31 bits per heavy atom. The van der Waals surface area contributed by atoms with Crippen molar-refractivity contribution in [1.82, 2.24) is 69.8 Å². The summed E-state index contributed by atoms with van der Waals surface area (Å²) in [5, 5.41) is 1.03. The molecule has 5 aromatic carbocycles. The van der Waals surface area contributed by atoms with Gasteiger partial charge in [0.05, 0.1) is 61.8 Å². The molecule has 4 N–H and O–H groups in total. The number of methoxy groups -OCH3 is 3. The van der Waals surface area contributed by atoms with Crippen LogP contribution in [0.25, 0.3) is 79.4 Å². The van der Waals surface area contributed by atoms with Crippen molar-refractivity contribution in [3.05, 3.63) is 244 Å². The number of fused-ring (bicyclic) bond motifs is 3. The Bertz CT molecular complexity index is 5710. The number of aryl methyl sites for hydroxylation is 3. The Morgan fingerprint density at radius 2 is 0.857 bits per heavy atom. The average molecular weight is 1480 g/mol. The van der Waals surface area contributed by atoms with Crippen LogP contribution in [0.1, 0.15) is 143 Å². The topological polar surface area (TPSA) is 239 Å². The number of aromatic amines is 4. The Kier molecular flexibility index (Phi) is 21.2. The van der Waals surface area contributed by atoms with Gasteiger partial charge >= 0.3 is 0 Å². The molecule has 3 aliphatic heterocycles. The number of nitrogens with one attached hydrogen (secondary N) is 4. The summed E-state index contributed by atoms with van der Waals surface area (Å²) in [4.78, 5) is 68.3. The molecule has 0 unspecified atom stereocenters. The summed E-state index contributed by atoms with van der Waals surface area (Å²) >= 11 is 0. The first-order valence-electron chi connectivity index (χ1n) is 38.4. The van der Waals surface area contributed by atoms with E-state index < -0.39 is 0 Å². The lowest BCUT2D eigenvalue weighted by atomic mass is 9.96. The lowest BCUT2D eigenvalue weighted by molar-refractivity contribution is 0.340. The van der Waals surface area contributed by atoms with E-state index in [1.165, 1.54) is 16.7 Å². The molecule has 21 heteroatoms. The number of hydrogen-bond donors (Lipinski definition) is 4. The summed E-state index contributed by atoms with van der Waals surface area (Å²) in [5.41, 5.74) is 23.3. The molecule has 0 spiro atoms. The van der Waals surface area contributed by atoms with E-state index in [1.807, 2.05) is 104 Å². The molecule has 2 aliphatic carbocycles. The maximum atomic E-state index is 5.69. The molecular weight excluding hydrogens is 1400 g/mol. The molecule has 0 atom stereocenters. The number of anilines is 3. The summed E-state index contributed by atoms with van der Waals surface area (Å²) in [6.07, 6.45) is 30.0. The second-order valence-electron chi connectivity index (χ2n) is 29.0. The summed E-state index contributed by atoms with van der Waals surface area (Å²) in [7, 11) is 5.02. The van der Waals surface area contributed by atoms with Gasteiger partial charge < -0.3 is 53.6 Å². The molecule has 5 aliphatic rings. The van der Waals surface area contributed by atoms with Gasteiger partial charge in [-0.2, -0.15) is 0 Å². The van der Waals surface area contributed by atoms with E-state index in [0.29, 0.717) is 30.2 Å². The maximum Gasteiger partial charge on any atom is 0.213 e. The van der Waals surface area contributed by atoms with Crippen LogP contribution >= 0.6 is 0 Å². The lowest BCUT2D eigenvalue weighted by Gasteiger charge is -2.32. The fraction of sp³-hybridized carbons (Fsp3) is 0.275. The Hall–Kier alpha value is -13.1. The highest BCUT2D eigenvalue weighted by molar-refractivity contribution is 5.94. The van der Waals surface area contributed by atoms with E-state index in [0.717, 1.165) is 255 Å². The number of hydrogen-bond acceptors (Lipinski definition) is 17. The number of pyridine rings is 1. The van der Waals surface area contributed by atoms with Crippen molar-refractivity contribution in [3.63, 3.8) is 0 Å². The van der Waals surface area contributed by atoms with Crippen molar-refractivity contribution < 1.29 is 18.9 Å². The number of H-pyrrole nitrogens is 4. The minimum atomic E-state index is 0.377. The van der Waals surface area contributed by atoms with Crippen LogP contribution < -0.4 is 33.6 Å². The predicted octanol–water partition coefficient (Wildman–Crippen LogP) is 16.8. The molecule has 112 heavy (non-hydrogen) atoms. The maximum absolute atomic E-state index is 5.69. The summed E-state index contributed by atoms with van der Waals surface area (Å²) in [5.74, 6) is 15.9. The number of imidazole rings is 3. The van der Waals surface area contributed by atoms with Crippen LogP contribution in [0.15, 0.2) is 165 Å². The van der Waals surface area contributed by atoms with Crippen LogP contribution in [0.4, 0.5) is 17.5 Å². The number of benzene rings is 5. The lowest BCUT2D eigenvalue weighted by Crippen LogP contribution is -2.34. The summed E-state index contributed by atoms with van der Waals surface area (Å²) in [6, 6.07) is 46.6. The van der Waals surface area contributed by atoms with Crippen molar-refractivity contribution in [1.29, 1.82) is 0 Å². The molecule has 3 fully saturated rings. The van der Waals surface area contributed by atoms with Gasteiger partial charge in [-0.05, 0) is 179 Å². The molecule has 0 bridgehead atoms. The zero-order chi connectivity index (χ0) is 76.8. The quantitative estimate of drug-likeness (QED) is 0.0620. The first kappa shape index (κ1) is 73.0. The van der Waals surface area contributed by atoms with Crippen LogP contribution in [-0.2, 0) is 12.8 Å². The number of nitrogens with zero attached hydrogens (tertiary/aromatic N) is 13. The van der Waals surface area contributed by atoms with Gasteiger partial charge in [-0.15, -0.1) is 12.8 Å². The van der Waals surface area contributed by atoms with Crippen molar-refractivity contribution in [3.8, 4) is 92.8 Å². The van der Waals surface area contributed by atoms with E-state index >= 15 is 0 Å². The van der Waals surface area contributed by atoms with Gasteiger partial charge in [-0.1, -0.05) is 72.5 Å². The van der Waals surface area contributed by atoms with Crippen LogP contribution in [-0.4, -0.2) is 137 Å². The highest BCUT2D eigenvalue weighted by Gasteiger charge is 2.32. The Balaban J connectivity index is 0.000000127. The van der Waals surface area contributed by atoms with Gasteiger partial charge in [0.25, 0.3) is 0 Å². The molecule has 8 aromatic heterocycles. The van der Waals surface area contributed by atoms with E-state index in [9.17, 15) is 0 Å². The molecule has 13 aromatic rings. The normalized spacial score (nSPS) is 14.9. The Labute approximate surface area is 652 Å². The van der Waals surface area contributed by atoms with E-state index in [2.05, 4.69) is 147 Å². The predicted molar refractivity (Wildman–Crippen MR) is 443 cm³/mol. The minimum absolute atomic E-state index is 0.377. The molecule has 3 saturated heterocycles. The van der Waals surface area contributed by atoms with Gasteiger partial charge in [0.15, 0.2) is 0 Å². The van der Waals surface area contributed by atoms with E-state index in [1.54, 1.807) is 46.5 Å². The Morgan fingerprint density at radius 1 is 0.429 bits per heavy atom. The third-order valence-corrected chi connectivity index (χ3v) is 22.1. The second-order valence-corrected chi connectivity index (χ2v) is 29.0. The number of allylic oxidation sites excluding steroid dienone is 2. The smallest absolute Gasteiger partial charge is 0.213 e. The summed E-state index contributed by atoms with van der Waals surface area (Å²) in [6.45, 7) is 14.4. The van der Waals surface area contributed by atoms with Gasteiger partial charge in [0.2, 0.25) is 5.88 Å². The number of aromatic nitrogens is 14. The van der Waals surface area contributed by atoms with Crippen LogP contribution in [0.2, 0.25) is 0 Å². The largest absolute Gasteiger partial charge is 0.497 e. The number of ether oxygens (including phenoxy) is 4. The molecule has 0 radical (unpaired) electrons. The average Bonchev–Trinajstić information content (AvgIpc) is 1.64. The second kappa shape index (κ2) is 32.6. The molecule has 11 heterocycles. The fourth-order valence-corrected chi connectivity index (χ4v) is 16.1. The number of terminal acetylenes is 2. The third-order valence-electron chi connectivity index (χ3n) is 22.1. The molecule has 0 amide bonds. The zero-order valence-electron chi connectivity index (χ0n) is 64.2. The minimum Gasteiger partial charge on any atom is -0.497 e. The first-order valence-corrected chi connectivity index (χ1v) is 38.4. The van der Waals surface area contributed by atoms with Crippen molar-refractivity contribution >= 4 is 51.8 Å². The molecule has 18 rings (SSSR count). The van der Waals surface area contributed by atoms with Crippen LogP contribution in [0, 0.1) is 45.5 Å². The first-order chi connectivity index (χ1) is 54.9. The van der Waals surface area contributed by atoms with Crippen LogP contribution in [0.3, 0.4) is 0 Å². The van der Waals surface area contributed by atoms with Crippen molar-refractivity contribution in [2.75, 3.05) is 81.9 Å². The van der Waals surface area contributed by atoms with E-state index in [4.69, 9.17) is 56.7 Å². The van der Waals surface area contributed by atoms with Gasteiger partial charge in [-0.3, -0.25) is 0 Å². The van der Waals surface area contributed by atoms with Crippen molar-refractivity contribution in [2.24, 2.45) is 0 Å².